The summed E-state index contributed by atoms with van der Waals surface area (Å²) in [7, 11) is 0. The first-order valence-electron chi connectivity index (χ1n) is 13.7. The number of aliphatic hydroxyl groups is 1. The normalized spacial score (nSPS) is 57.5. The summed E-state index contributed by atoms with van der Waals surface area (Å²) in [5.74, 6) is 1.98. The Labute approximate surface area is 194 Å². The Morgan fingerprint density at radius 3 is 2.78 bits per heavy atom. The van der Waals surface area contributed by atoms with Gasteiger partial charge in [-0.25, -0.2) is 0 Å². The fourth-order valence-electron chi connectivity index (χ4n) is 9.82. The van der Waals surface area contributed by atoms with Gasteiger partial charge in [-0.15, -0.1) is 0 Å². The summed E-state index contributed by atoms with van der Waals surface area (Å²) < 4.78 is 7.05. The minimum absolute atomic E-state index is 0.0448. The molecule has 1 spiro atoms. The van der Waals surface area contributed by atoms with Crippen LogP contribution in [0.15, 0.2) is 11.6 Å². The van der Waals surface area contributed by atoms with E-state index in [2.05, 4.69) is 33.8 Å². The predicted octanol–water partition coefficient (Wildman–Crippen LogP) is 5.72. The molecule has 4 aliphatic carbocycles. The van der Waals surface area contributed by atoms with Crippen molar-refractivity contribution in [2.75, 3.05) is 6.54 Å². The van der Waals surface area contributed by atoms with Crippen molar-refractivity contribution in [2.24, 2.45) is 34.0 Å². The second kappa shape index (κ2) is 7.06. The molecule has 0 aromatic carbocycles. The van der Waals surface area contributed by atoms with Gasteiger partial charge in [0, 0.05) is 12.0 Å². The second-order valence-electron chi connectivity index (χ2n) is 13.5. The molecule has 0 aromatic rings. The van der Waals surface area contributed by atoms with Crippen molar-refractivity contribution in [3.63, 3.8) is 0 Å². The molecule has 10 atom stereocenters. The summed E-state index contributed by atoms with van der Waals surface area (Å²) >= 11 is 0. The number of aliphatic hydroxyl groups excluding tert-OH is 1. The summed E-state index contributed by atoms with van der Waals surface area (Å²) in [6.45, 7) is 10.6. The average Bonchev–Trinajstić information content (AvgIpc) is 3.19. The van der Waals surface area contributed by atoms with Gasteiger partial charge < -0.3 is 15.1 Å². The number of piperidine rings is 1. The van der Waals surface area contributed by atoms with Gasteiger partial charge in [-0.2, -0.15) is 5.06 Å². The number of hydroxylamine groups is 2. The van der Waals surface area contributed by atoms with E-state index in [-0.39, 0.29) is 34.7 Å². The molecular weight excluding hydrogens is 398 g/mol. The molecule has 0 radical (unpaired) electrons. The fourth-order valence-corrected chi connectivity index (χ4v) is 9.82. The molecule has 180 valence electrons. The zero-order chi connectivity index (χ0) is 22.5. The molecule has 3 saturated carbocycles. The van der Waals surface area contributed by atoms with Crippen LogP contribution < -0.4 is 0 Å². The van der Waals surface area contributed by atoms with E-state index in [0.717, 1.165) is 44.1 Å². The molecule has 6 aliphatic rings. The van der Waals surface area contributed by atoms with Gasteiger partial charge in [0.05, 0.1) is 23.9 Å². The third-order valence-electron chi connectivity index (χ3n) is 12.0. The molecule has 5 fully saturated rings. The van der Waals surface area contributed by atoms with Crippen LogP contribution in [0.4, 0.5) is 0 Å². The number of ether oxygens (including phenoxy) is 1. The first-order chi connectivity index (χ1) is 15.1. The van der Waals surface area contributed by atoms with E-state index in [4.69, 9.17) is 4.74 Å². The van der Waals surface area contributed by atoms with Crippen molar-refractivity contribution in [3.8, 4) is 0 Å². The highest BCUT2D eigenvalue weighted by molar-refractivity contribution is 5.30. The number of allylic oxidation sites excluding steroid dienone is 1. The molecule has 0 aromatic heterocycles. The van der Waals surface area contributed by atoms with Crippen LogP contribution >= 0.6 is 0 Å². The van der Waals surface area contributed by atoms with E-state index in [1.165, 1.54) is 44.9 Å². The van der Waals surface area contributed by atoms with Gasteiger partial charge in [-0.1, -0.05) is 39.3 Å². The van der Waals surface area contributed by atoms with Gasteiger partial charge in [0.25, 0.3) is 0 Å². The molecule has 4 nitrogen and oxygen atoms in total. The molecule has 32 heavy (non-hydrogen) atoms. The molecule has 2 heterocycles. The van der Waals surface area contributed by atoms with E-state index in [0.29, 0.717) is 11.3 Å². The number of hydrogen-bond acceptors (Lipinski definition) is 4. The summed E-state index contributed by atoms with van der Waals surface area (Å²) in [4.78, 5) is 0. The van der Waals surface area contributed by atoms with Crippen LogP contribution in [0.25, 0.3) is 0 Å². The Bertz CT molecular complexity index is 812. The van der Waals surface area contributed by atoms with Crippen LogP contribution in [0, 0.1) is 34.0 Å². The molecule has 10 unspecified atom stereocenters. The predicted molar refractivity (Wildman–Crippen MR) is 125 cm³/mol. The Morgan fingerprint density at radius 2 is 1.97 bits per heavy atom. The maximum atomic E-state index is 10.7. The Kier molecular flexibility index (Phi) is 4.87. The third-order valence-corrected chi connectivity index (χ3v) is 12.0. The average molecular weight is 444 g/mol. The third kappa shape index (κ3) is 2.82. The van der Waals surface area contributed by atoms with E-state index < -0.39 is 0 Å². The fraction of sp³-hybridized carbons (Fsp3) is 0.929. The highest BCUT2D eigenvalue weighted by atomic mass is 16.5. The quantitative estimate of drug-likeness (QED) is 0.536. The molecule has 0 bridgehead atoms. The van der Waals surface area contributed by atoms with Crippen molar-refractivity contribution in [3.05, 3.63) is 11.6 Å². The topological polar surface area (TPSA) is 52.9 Å². The number of hydrogen-bond donors (Lipinski definition) is 2. The minimum atomic E-state index is -0.225. The Balaban J connectivity index is 1.29. The van der Waals surface area contributed by atoms with Crippen molar-refractivity contribution in [1.82, 2.24) is 5.06 Å². The molecule has 2 aliphatic heterocycles. The van der Waals surface area contributed by atoms with Crippen LogP contribution in [0.1, 0.15) is 98.3 Å². The summed E-state index contributed by atoms with van der Waals surface area (Å²) in [5.41, 5.74) is 2.41. The van der Waals surface area contributed by atoms with E-state index >= 15 is 0 Å². The minimum Gasteiger partial charge on any atom is -0.389 e. The lowest BCUT2D eigenvalue weighted by Crippen LogP contribution is -2.49. The van der Waals surface area contributed by atoms with E-state index in [9.17, 15) is 10.3 Å². The molecule has 4 heteroatoms. The lowest BCUT2D eigenvalue weighted by atomic mass is 9.54. The maximum absolute atomic E-state index is 10.7. The molecule has 2 N–H and O–H groups in total. The molecule has 0 amide bonds. The second-order valence-corrected chi connectivity index (χ2v) is 13.5. The van der Waals surface area contributed by atoms with Crippen LogP contribution in [-0.2, 0) is 4.74 Å². The Hall–Kier alpha value is -0.420. The maximum Gasteiger partial charge on any atom is 0.0765 e. The zero-order valence-corrected chi connectivity index (χ0v) is 20.8. The van der Waals surface area contributed by atoms with Crippen molar-refractivity contribution in [2.45, 2.75) is 122 Å². The zero-order valence-electron chi connectivity index (χ0n) is 20.8. The van der Waals surface area contributed by atoms with Crippen LogP contribution in [0.3, 0.4) is 0 Å². The standard InChI is InChI=1S/C28H45NO3/c1-18-12-24-23(29(31)16-18)15-28(32-24)11-8-19(2)27(17-26(27,28)4)14-21-7-5-6-20-13-22(30)9-10-25(20,21)3/h13,18-19,21-24,30-31H,5-12,14-17H2,1-4H3. The largest absolute Gasteiger partial charge is 0.389 e. The first-order valence-corrected chi connectivity index (χ1v) is 13.7. The number of nitrogens with zero attached hydrogens (tertiary/aromatic N) is 1. The van der Waals surface area contributed by atoms with Crippen LogP contribution in [-0.4, -0.2) is 45.8 Å². The van der Waals surface area contributed by atoms with Gasteiger partial charge in [0.15, 0.2) is 0 Å². The SMILES string of the molecule is CC1CC2OC3(CCC(C)C4(CC5CCCC6=CC(O)CCC65C)CC34C)CC2N(O)C1. The van der Waals surface area contributed by atoms with Gasteiger partial charge in [0.2, 0.25) is 0 Å². The highest BCUT2D eigenvalue weighted by Gasteiger charge is 2.79. The lowest BCUT2D eigenvalue weighted by Gasteiger charge is -2.52. The van der Waals surface area contributed by atoms with E-state index in [1.54, 1.807) is 10.6 Å². The summed E-state index contributed by atoms with van der Waals surface area (Å²) in [6.07, 6.45) is 15.3. The van der Waals surface area contributed by atoms with Crippen molar-refractivity contribution >= 4 is 0 Å². The van der Waals surface area contributed by atoms with Crippen molar-refractivity contribution in [1.29, 1.82) is 0 Å². The summed E-state index contributed by atoms with van der Waals surface area (Å²) in [6, 6.07) is 0.191. The molecular formula is C28H45NO3. The number of fused-ring (bicyclic) bond motifs is 4. The van der Waals surface area contributed by atoms with Crippen molar-refractivity contribution < 1.29 is 15.1 Å². The monoisotopic (exact) mass is 443 g/mol. The lowest BCUT2D eigenvalue weighted by molar-refractivity contribution is -0.182. The Morgan fingerprint density at radius 1 is 1.16 bits per heavy atom. The van der Waals surface area contributed by atoms with Gasteiger partial charge in [-0.05, 0) is 99.2 Å². The molecule has 2 saturated heterocycles. The van der Waals surface area contributed by atoms with Crippen LogP contribution in [0.2, 0.25) is 0 Å². The van der Waals surface area contributed by atoms with Gasteiger partial charge in [0.1, 0.15) is 0 Å². The van der Waals surface area contributed by atoms with Crippen LogP contribution in [0.5, 0.6) is 0 Å². The summed E-state index contributed by atoms with van der Waals surface area (Å²) in [5, 5.41) is 22.6. The van der Waals surface area contributed by atoms with E-state index in [1.807, 2.05) is 0 Å². The van der Waals surface area contributed by atoms with Gasteiger partial charge in [-0.3, -0.25) is 0 Å². The first kappa shape index (κ1) is 22.1. The molecule has 6 rings (SSSR count). The highest BCUT2D eigenvalue weighted by Crippen LogP contribution is 2.82. The smallest absolute Gasteiger partial charge is 0.0765 e. The van der Waals surface area contributed by atoms with Gasteiger partial charge >= 0.3 is 0 Å². The number of rotatable bonds is 2.